The Morgan fingerprint density at radius 1 is 0.848 bits per heavy atom. The van der Waals surface area contributed by atoms with Gasteiger partial charge in [0.15, 0.2) is 11.5 Å². The lowest BCUT2D eigenvalue weighted by atomic mass is 10.0. The lowest BCUT2D eigenvalue weighted by molar-refractivity contribution is -0.137. The van der Waals surface area contributed by atoms with Gasteiger partial charge in [-0.15, -0.1) is 0 Å². The summed E-state index contributed by atoms with van der Waals surface area (Å²) in [6.45, 7) is 0.194. The second-order valence-corrected chi connectivity index (χ2v) is 7.30. The largest absolute Gasteiger partial charge is 0.454 e. The van der Waals surface area contributed by atoms with Crippen LogP contribution < -0.4 is 20.1 Å². The topological polar surface area (TPSA) is 76.7 Å². The summed E-state index contributed by atoms with van der Waals surface area (Å²) >= 11 is 0. The first-order valence-corrected chi connectivity index (χ1v) is 10.0. The van der Waals surface area contributed by atoms with Crippen LogP contribution in [-0.2, 0) is 17.5 Å². The van der Waals surface area contributed by atoms with Gasteiger partial charge in [-0.2, -0.15) is 13.2 Å². The van der Waals surface area contributed by atoms with Gasteiger partial charge in [-0.05, 0) is 53.1 Å². The maximum atomic E-state index is 12.7. The minimum absolute atomic E-state index is 0.164. The highest BCUT2D eigenvalue weighted by Crippen LogP contribution is 2.32. The van der Waals surface area contributed by atoms with Crippen LogP contribution in [0.5, 0.6) is 11.5 Å². The maximum absolute atomic E-state index is 12.7. The van der Waals surface area contributed by atoms with Crippen molar-refractivity contribution < 1.29 is 32.2 Å². The zero-order valence-electron chi connectivity index (χ0n) is 17.2. The number of ether oxygens (including phenoxy) is 2. The third-order valence-electron chi connectivity index (χ3n) is 5.01. The Balaban J connectivity index is 1.31. The molecular weight excluding hydrogens is 437 g/mol. The maximum Gasteiger partial charge on any atom is 0.416 e. The van der Waals surface area contributed by atoms with Crippen LogP contribution in [-0.4, -0.2) is 25.2 Å². The number of benzene rings is 3. The van der Waals surface area contributed by atoms with E-state index in [1.165, 1.54) is 12.1 Å². The van der Waals surface area contributed by atoms with Gasteiger partial charge in [-0.25, -0.2) is 0 Å². The molecule has 4 rings (SSSR count). The summed E-state index contributed by atoms with van der Waals surface area (Å²) in [5, 5.41) is 5.25. The van der Waals surface area contributed by atoms with E-state index in [9.17, 15) is 22.8 Å². The van der Waals surface area contributed by atoms with Crippen LogP contribution in [0.1, 0.15) is 21.5 Å². The highest BCUT2D eigenvalue weighted by Gasteiger charge is 2.30. The van der Waals surface area contributed by atoms with E-state index < -0.39 is 17.6 Å². The number of amides is 2. The first kappa shape index (κ1) is 22.2. The van der Waals surface area contributed by atoms with Crippen molar-refractivity contribution in [2.24, 2.45) is 0 Å². The minimum atomic E-state index is -4.41. The molecule has 3 aromatic carbocycles. The molecule has 0 aliphatic carbocycles. The van der Waals surface area contributed by atoms with Crippen LogP contribution in [0, 0.1) is 0 Å². The summed E-state index contributed by atoms with van der Waals surface area (Å²) in [5.41, 5.74) is 1.49. The first-order valence-electron chi connectivity index (χ1n) is 10.0. The summed E-state index contributed by atoms with van der Waals surface area (Å²) in [7, 11) is 0. The molecule has 0 spiro atoms. The molecule has 0 saturated carbocycles. The third-order valence-corrected chi connectivity index (χ3v) is 5.01. The Labute approximate surface area is 187 Å². The van der Waals surface area contributed by atoms with Crippen molar-refractivity contribution in [2.45, 2.75) is 12.7 Å². The number of hydrogen-bond acceptors (Lipinski definition) is 4. The second kappa shape index (κ2) is 9.23. The zero-order valence-corrected chi connectivity index (χ0v) is 17.2. The van der Waals surface area contributed by atoms with E-state index in [2.05, 4.69) is 10.6 Å². The Bertz CT molecular complexity index is 1180. The highest BCUT2D eigenvalue weighted by molar-refractivity contribution is 5.97. The van der Waals surface area contributed by atoms with Crippen molar-refractivity contribution in [3.63, 3.8) is 0 Å². The Morgan fingerprint density at radius 2 is 1.61 bits per heavy atom. The third kappa shape index (κ3) is 5.43. The van der Waals surface area contributed by atoms with Crippen LogP contribution in [0.4, 0.5) is 13.2 Å². The number of carbonyl (C=O) groups excluding carboxylic acids is 2. The molecule has 33 heavy (non-hydrogen) atoms. The normalized spacial score (nSPS) is 12.3. The number of alkyl halides is 3. The van der Waals surface area contributed by atoms with E-state index in [-0.39, 0.29) is 31.4 Å². The molecule has 170 valence electrons. The fourth-order valence-corrected chi connectivity index (χ4v) is 3.27. The van der Waals surface area contributed by atoms with E-state index in [0.29, 0.717) is 22.6 Å². The van der Waals surface area contributed by atoms with Gasteiger partial charge in [0.05, 0.1) is 12.1 Å². The summed E-state index contributed by atoms with van der Waals surface area (Å²) in [6, 6.07) is 16.5. The molecular formula is C24H19F3N2O4. The van der Waals surface area contributed by atoms with Gasteiger partial charge in [0.2, 0.25) is 12.7 Å². The van der Waals surface area contributed by atoms with E-state index in [1.54, 1.807) is 42.5 Å². The van der Waals surface area contributed by atoms with Gasteiger partial charge >= 0.3 is 6.18 Å². The molecule has 0 saturated heterocycles. The van der Waals surface area contributed by atoms with E-state index in [1.807, 2.05) is 0 Å². The van der Waals surface area contributed by atoms with Gasteiger partial charge < -0.3 is 20.1 Å². The number of halogens is 3. The van der Waals surface area contributed by atoms with Crippen LogP contribution in [0.25, 0.3) is 11.1 Å². The van der Waals surface area contributed by atoms with Crippen molar-refractivity contribution in [2.75, 3.05) is 13.3 Å². The fraction of sp³-hybridized carbons (Fsp3) is 0.167. The van der Waals surface area contributed by atoms with Gasteiger partial charge in [0.1, 0.15) is 0 Å². The van der Waals surface area contributed by atoms with Gasteiger partial charge in [0, 0.05) is 12.1 Å². The number of nitrogens with one attached hydrogen (secondary N) is 2. The predicted octanol–water partition coefficient (Wildman–Crippen LogP) is 4.15. The Kier molecular flexibility index (Phi) is 6.21. The molecule has 0 fully saturated rings. The lowest BCUT2D eigenvalue weighted by Crippen LogP contribution is -2.36. The molecule has 0 atom stereocenters. The monoisotopic (exact) mass is 456 g/mol. The summed E-state index contributed by atoms with van der Waals surface area (Å²) in [4.78, 5) is 24.6. The van der Waals surface area contributed by atoms with Gasteiger partial charge in [0.25, 0.3) is 5.91 Å². The highest BCUT2D eigenvalue weighted by atomic mass is 19.4. The number of hydrogen-bond donors (Lipinski definition) is 2. The van der Waals surface area contributed by atoms with Crippen molar-refractivity contribution >= 4 is 11.8 Å². The number of fused-ring (bicyclic) bond motifs is 1. The average molecular weight is 456 g/mol. The minimum Gasteiger partial charge on any atom is -0.454 e. The molecule has 0 radical (unpaired) electrons. The predicted molar refractivity (Wildman–Crippen MR) is 114 cm³/mol. The standard InChI is InChI=1S/C24H19F3N2O4/c25-24(26,27)19-7-5-16(6-8-19)17-2-1-3-18(11-17)23(31)29-13-22(30)28-12-15-4-9-20-21(10-15)33-14-32-20/h1-11H,12-14H2,(H,28,30)(H,29,31). The van der Waals surface area contributed by atoms with Crippen LogP contribution in [0.2, 0.25) is 0 Å². The average Bonchev–Trinajstić information content (AvgIpc) is 3.29. The van der Waals surface area contributed by atoms with Gasteiger partial charge in [-0.1, -0.05) is 30.3 Å². The Morgan fingerprint density at radius 3 is 2.36 bits per heavy atom. The zero-order chi connectivity index (χ0) is 23.4. The number of rotatable bonds is 6. The first-order chi connectivity index (χ1) is 15.8. The molecule has 0 aromatic heterocycles. The van der Waals surface area contributed by atoms with Crippen molar-refractivity contribution in [1.82, 2.24) is 10.6 Å². The molecule has 1 heterocycles. The van der Waals surface area contributed by atoms with Gasteiger partial charge in [-0.3, -0.25) is 9.59 Å². The molecule has 2 N–H and O–H groups in total. The Hall–Kier alpha value is -4.01. The molecule has 1 aliphatic rings. The smallest absolute Gasteiger partial charge is 0.416 e. The van der Waals surface area contributed by atoms with Crippen LogP contribution in [0.3, 0.4) is 0 Å². The quantitative estimate of drug-likeness (QED) is 0.585. The van der Waals surface area contributed by atoms with Crippen molar-refractivity contribution in [3.8, 4) is 22.6 Å². The SMILES string of the molecule is O=C(CNC(=O)c1cccc(-c2ccc(C(F)(F)F)cc2)c1)NCc1ccc2c(c1)OCO2. The van der Waals surface area contributed by atoms with E-state index in [4.69, 9.17) is 9.47 Å². The molecule has 6 nitrogen and oxygen atoms in total. The molecule has 0 bridgehead atoms. The molecule has 9 heteroatoms. The van der Waals surface area contributed by atoms with Crippen molar-refractivity contribution in [3.05, 3.63) is 83.4 Å². The lowest BCUT2D eigenvalue weighted by Gasteiger charge is -2.10. The van der Waals surface area contributed by atoms with E-state index in [0.717, 1.165) is 17.7 Å². The molecule has 3 aromatic rings. The second-order valence-electron chi connectivity index (χ2n) is 7.30. The van der Waals surface area contributed by atoms with Crippen LogP contribution >= 0.6 is 0 Å². The van der Waals surface area contributed by atoms with E-state index >= 15 is 0 Å². The molecule has 2 amide bonds. The van der Waals surface area contributed by atoms with Crippen molar-refractivity contribution in [1.29, 1.82) is 0 Å². The van der Waals surface area contributed by atoms with Crippen LogP contribution in [0.15, 0.2) is 66.7 Å². The summed E-state index contributed by atoms with van der Waals surface area (Å²) in [6.07, 6.45) is -4.41. The number of carbonyl (C=O) groups is 2. The fourth-order valence-electron chi connectivity index (χ4n) is 3.27. The molecule has 0 unspecified atom stereocenters. The summed E-state index contributed by atoms with van der Waals surface area (Å²) < 4.78 is 48.8. The summed E-state index contributed by atoms with van der Waals surface area (Å²) in [5.74, 6) is 0.417. The molecule has 1 aliphatic heterocycles.